The molecule has 0 amide bonds. The summed E-state index contributed by atoms with van der Waals surface area (Å²) in [5.41, 5.74) is 1.38. The van der Waals surface area contributed by atoms with Crippen LogP contribution >= 0.6 is 27.3 Å². The third-order valence-electron chi connectivity index (χ3n) is 4.40. The molecule has 0 saturated heterocycles. The second-order valence-electron chi connectivity index (χ2n) is 6.21. The highest BCUT2D eigenvalue weighted by Crippen LogP contribution is 2.36. The van der Waals surface area contributed by atoms with Gasteiger partial charge in [-0.2, -0.15) is 0 Å². The van der Waals surface area contributed by atoms with Crippen molar-refractivity contribution in [3.8, 4) is 0 Å². The SMILES string of the molecule is CCCNC(CC1CCCCCC1)c1cc(C)c(Br)s1. The lowest BCUT2D eigenvalue weighted by Gasteiger charge is -2.23. The third kappa shape index (κ3) is 4.85. The first-order valence-corrected chi connectivity index (χ1v) is 9.81. The zero-order chi connectivity index (χ0) is 14.4. The summed E-state index contributed by atoms with van der Waals surface area (Å²) in [5.74, 6) is 0.924. The third-order valence-corrected chi connectivity index (χ3v) is 6.65. The highest BCUT2D eigenvalue weighted by atomic mass is 79.9. The molecule has 0 radical (unpaired) electrons. The molecule has 1 aliphatic carbocycles. The Kier molecular flexibility index (Phi) is 7.06. The van der Waals surface area contributed by atoms with Crippen molar-refractivity contribution >= 4 is 27.3 Å². The zero-order valence-corrected chi connectivity index (χ0v) is 15.3. The lowest BCUT2D eigenvalue weighted by atomic mass is 9.92. The largest absolute Gasteiger partial charge is 0.309 e. The average Bonchev–Trinajstić information content (AvgIpc) is 2.66. The van der Waals surface area contributed by atoms with Crippen molar-refractivity contribution in [2.45, 2.75) is 71.3 Å². The van der Waals surface area contributed by atoms with Crippen LogP contribution in [0.3, 0.4) is 0 Å². The molecule has 0 aliphatic heterocycles. The van der Waals surface area contributed by atoms with E-state index >= 15 is 0 Å². The van der Waals surface area contributed by atoms with Crippen molar-refractivity contribution in [1.82, 2.24) is 5.32 Å². The first-order valence-electron chi connectivity index (χ1n) is 8.20. The molecule has 1 N–H and O–H groups in total. The first-order chi connectivity index (χ1) is 9.70. The monoisotopic (exact) mass is 357 g/mol. The average molecular weight is 358 g/mol. The van der Waals surface area contributed by atoms with Crippen LogP contribution in [0.2, 0.25) is 0 Å². The Labute approximate surface area is 136 Å². The molecule has 3 heteroatoms. The molecule has 1 aromatic heterocycles. The fourth-order valence-corrected chi connectivity index (χ4v) is 4.87. The standard InChI is InChI=1S/C17H28BrNS/c1-3-10-19-15(16-11-13(2)17(18)20-16)12-14-8-6-4-5-7-9-14/h11,14-15,19H,3-10,12H2,1-2H3. The van der Waals surface area contributed by atoms with Gasteiger partial charge in [0, 0.05) is 10.9 Å². The van der Waals surface area contributed by atoms with Crippen molar-refractivity contribution < 1.29 is 0 Å². The summed E-state index contributed by atoms with van der Waals surface area (Å²) in [6, 6.07) is 2.94. The molecule has 1 aromatic rings. The minimum absolute atomic E-state index is 0.563. The van der Waals surface area contributed by atoms with Gasteiger partial charge < -0.3 is 5.32 Å². The maximum absolute atomic E-state index is 3.78. The number of thiophene rings is 1. The maximum atomic E-state index is 3.78. The number of nitrogens with one attached hydrogen (secondary N) is 1. The number of aryl methyl sites for hydroxylation is 1. The highest BCUT2D eigenvalue weighted by molar-refractivity contribution is 9.11. The lowest BCUT2D eigenvalue weighted by molar-refractivity contribution is 0.359. The molecule has 0 spiro atoms. The topological polar surface area (TPSA) is 12.0 Å². The molecule has 2 rings (SSSR count). The van der Waals surface area contributed by atoms with Gasteiger partial charge in [0.1, 0.15) is 0 Å². The zero-order valence-electron chi connectivity index (χ0n) is 12.9. The van der Waals surface area contributed by atoms with Gasteiger partial charge in [-0.05, 0) is 59.8 Å². The Morgan fingerprint density at radius 1 is 1.30 bits per heavy atom. The summed E-state index contributed by atoms with van der Waals surface area (Å²) < 4.78 is 1.30. The molecule has 20 heavy (non-hydrogen) atoms. The fraction of sp³-hybridized carbons (Fsp3) is 0.765. The van der Waals surface area contributed by atoms with Gasteiger partial charge in [0.15, 0.2) is 0 Å². The summed E-state index contributed by atoms with van der Waals surface area (Å²) in [5, 5.41) is 3.78. The first kappa shape index (κ1) is 16.5. The van der Waals surface area contributed by atoms with E-state index in [1.807, 2.05) is 11.3 Å². The lowest BCUT2D eigenvalue weighted by Crippen LogP contribution is -2.23. The molecule has 1 heterocycles. The van der Waals surface area contributed by atoms with Gasteiger partial charge in [-0.25, -0.2) is 0 Å². The molecule has 1 saturated carbocycles. The Balaban J connectivity index is 2.02. The van der Waals surface area contributed by atoms with Gasteiger partial charge in [-0.1, -0.05) is 45.4 Å². The second kappa shape index (κ2) is 8.55. The number of hydrogen-bond donors (Lipinski definition) is 1. The Bertz CT molecular complexity index is 374. The van der Waals surface area contributed by atoms with Crippen LogP contribution in [0.1, 0.15) is 74.8 Å². The van der Waals surface area contributed by atoms with Gasteiger partial charge in [-0.3, -0.25) is 0 Å². The summed E-state index contributed by atoms with van der Waals surface area (Å²) in [4.78, 5) is 1.52. The predicted octanol–water partition coefficient (Wildman–Crippen LogP) is 6.22. The van der Waals surface area contributed by atoms with Crippen molar-refractivity contribution in [2.75, 3.05) is 6.54 Å². The summed E-state index contributed by atoms with van der Waals surface area (Å²) in [7, 11) is 0. The Morgan fingerprint density at radius 2 is 2.00 bits per heavy atom. The van der Waals surface area contributed by atoms with Crippen molar-refractivity contribution in [2.24, 2.45) is 5.92 Å². The molecule has 0 aromatic carbocycles. The van der Waals surface area contributed by atoms with Crippen molar-refractivity contribution in [1.29, 1.82) is 0 Å². The van der Waals surface area contributed by atoms with Crippen LogP contribution in [-0.2, 0) is 0 Å². The van der Waals surface area contributed by atoms with E-state index in [-0.39, 0.29) is 0 Å². The van der Waals surface area contributed by atoms with Gasteiger partial charge in [0.05, 0.1) is 3.79 Å². The van der Waals surface area contributed by atoms with E-state index in [4.69, 9.17) is 0 Å². The van der Waals surface area contributed by atoms with Crippen LogP contribution in [0.5, 0.6) is 0 Å². The van der Waals surface area contributed by atoms with Crippen molar-refractivity contribution in [3.63, 3.8) is 0 Å². The Morgan fingerprint density at radius 3 is 2.55 bits per heavy atom. The molecule has 1 nitrogen and oxygen atoms in total. The number of halogens is 1. The smallest absolute Gasteiger partial charge is 0.0731 e. The molecule has 1 unspecified atom stereocenters. The molecule has 0 bridgehead atoms. The van der Waals surface area contributed by atoms with E-state index in [0.717, 1.165) is 12.5 Å². The second-order valence-corrected chi connectivity index (χ2v) is 8.61. The van der Waals surface area contributed by atoms with E-state index < -0.39 is 0 Å². The predicted molar refractivity (Wildman–Crippen MR) is 93.6 cm³/mol. The summed E-state index contributed by atoms with van der Waals surface area (Å²) >= 11 is 5.60. The molecular formula is C17H28BrNS. The van der Waals surface area contributed by atoms with Crippen LogP contribution in [0.25, 0.3) is 0 Å². The molecule has 1 aliphatic rings. The summed E-state index contributed by atoms with van der Waals surface area (Å²) in [6.07, 6.45) is 11.2. The molecule has 1 atom stereocenters. The van der Waals surface area contributed by atoms with E-state index in [1.165, 1.54) is 65.6 Å². The van der Waals surface area contributed by atoms with Crippen LogP contribution < -0.4 is 5.32 Å². The van der Waals surface area contributed by atoms with E-state index in [1.54, 1.807) is 0 Å². The summed E-state index contributed by atoms with van der Waals surface area (Å²) in [6.45, 7) is 5.59. The van der Waals surface area contributed by atoms with Gasteiger partial charge in [0.2, 0.25) is 0 Å². The maximum Gasteiger partial charge on any atom is 0.0731 e. The van der Waals surface area contributed by atoms with E-state index in [0.29, 0.717) is 6.04 Å². The molecule has 114 valence electrons. The minimum Gasteiger partial charge on any atom is -0.309 e. The van der Waals surface area contributed by atoms with Crippen LogP contribution in [0.15, 0.2) is 9.85 Å². The highest BCUT2D eigenvalue weighted by Gasteiger charge is 2.21. The minimum atomic E-state index is 0.563. The van der Waals surface area contributed by atoms with Gasteiger partial charge in [-0.15, -0.1) is 11.3 Å². The van der Waals surface area contributed by atoms with Gasteiger partial charge in [0.25, 0.3) is 0 Å². The number of rotatable bonds is 6. The van der Waals surface area contributed by atoms with Crippen LogP contribution in [-0.4, -0.2) is 6.54 Å². The van der Waals surface area contributed by atoms with Gasteiger partial charge >= 0.3 is 0 Å². The molecule has 1 fully saturated rings. The molecular weight excluding hydrogens is 330 g/mol. The Hall–Kier alpha value is 0.140. The number of hydrogen-bond acceptors (Lipinski definition) is 2. The quantitative estimate of drug-likeness (QED) is 0.595. The van der Waals surface area contributed by atoms with Crippen molar-refractivity contribution in [3.05, 3.63) is 20.3 Å². The fourth-order valence-electron chi connectivity index (χ4n) is 3.21. The normalized spacial score (nSPS) is 18.9. The van der Waals surface area contributed by atoms with E-state index in [9.17, 15) is 0 Å². The van der Waals surface area contributed by atoms with Crippen LogP contribution in [0, 0.1) is 12.8 Å². The van der Waals surface area contributed by atoms with E-state index in [2.05, 4.69) is 41.2 Å². The van der Waals surface area contributed by atoms with Crippen LogP contribution in [0.4, 0.5) is 0 Å².